The largest absolute Gasteiger partial charge is 0.493 e. The Bertz CT molecular complexity index is 1480. The van der Waals surface area contributed by atoms with E-state index in [4.69, 9.17) is 14.2 Å². The topological polar surface area (TPSA) is 84.4 Å². The number of rotatable bonds is 8. The van der Waals surface area contributed by atoms with Crippen molar-refractivity contribution in [2.24, 2.45) is 0 Å². The first-order chi connectivity index (χ1) is 18.1. The molecule has 1 N–H and O–H groups in total. The minimum Gasteiger partial charge on any atom is -0.493 e. The number of methoxy groups -OCH3 is 2. The van der Waals surface area contributed by atoms with Crippen LogP contribution in [0.5, 0.6) is 23.0 Å². The maximum absolute atomic E-state index is 12.5. The molecule has 4 rings (SSSR count). The maximum atomic E-state index is 12.5. The van der Waals surface area contributed by atoms with Crippen LogP contribution in [0.2, 0.25) is 0 Å². The van der Waals surface area contributed by atoms with Crippen molar-refractivity contribution in [1.29, 1.82) is 0 Å². The zero-order valence-electron chi connectivity index (χ0n) is 22.8. The molecule has 4 aromatic rings. The van der Waals surface area contributed by atoms with Crippen LogP contribution in [0.25, 0.3) is 10.9 Å². The van der Waals surface area contributed by atoms with E-state index >= 15 is 0 Å². The molecule has 0 aliphatic heterocycles. The van der Waals surface area contributed by atoms with Gasteiger partial charge in [-0.3, -0.25) is 9.88 Å². The second-order valence-electron chi connectivity index (χ2n) is 9.36. The molecule has 0 aliphatic carbocycles. The molecule has 0 aliphatic rings. The van der Waals surface area contributed by atoms with E-state index in [0.717, 1.165) is 27.8 Å². The highest BCUT2D eigenvalue weighted by Gasteiger charge is 2.26. The lowest BCUT2D eigenvalue weighted by Crippen LogP contribution is -2.33. The molecule has 0 radical (unpaired) electrons. The average Bonchev–Trinajstić information content (AvgIpc) is 2.90. The lowest BCUT2D eigenvalue weighted by atomic mass is 10.0. The van der Waals surface area contributed by atoms with Crippen LogP contribution in [-0.4, -0.2) is 44.5 Å². The molecule has 3 aromatic carbocycles. The number of fused-ring (bicyclic) bond motifs is 1. The molecule has 0 saturated heterocycles. The number of anilines is 2. The van der Waals surface area contributed by atoms with Gasteiger partial charge in [-0.1, -0.05) is 12.1 Å². The Morgan fingerprint density at radius 2 is 1.61 bits per heavy atom. The molecule has 1 aromatic heterocycles. The summed E-state index contributed by atoms with van der Waals surface area (Å²) in [6, 6.07) is 16.7. The number of hydrogen-bond donors (Lipinski definition) is 1. The van der Waals surface area contributed by atoms with Gasteiger partial charge in [0.25, 0.3) is 0 Å². The molecule has 38 heavy (non-hydrogen) atoms. The van der Waals surface area contributed by atoms with Crippen molar-refractivity contribution in [2.45, 2.75) is 26.8 Å². The number of benzene rings is 3. The second kappa shape index (κ2) is 10.9. The van der Waals surface area contributed by atoms with E-state index in [1.807, 2.05) is 82.2 Å². The second-order valence-corrected chi connectivity index (χ2v) is 9.36. The van der Waals surface area contributed by atoms with Gasteiger partial charge in [0.2, 0.25) is 0 Å². The van der Waals surface area contributed by atoms with Crippen molar-refractivity contribution in [1.82, 2.24) is 4.98 Å². The van der Waals surface area contributed by atoms with Gasteiger partial charge in [0.05, 0.1) is 31.5 Å². The SMILES string of the molecule is COc1cc2nccc(Oc3cc(C)c(N(C(=O)O)C(C)c4cccc(N(C)C)c4)cc3C)c2cc1OC. The van der Waals surface area contributed by atoms with E-state index in [1.165, 1.54) is 4.90 Å². The van der Waals surface area contributed by atoms with Gasteiger partial charge >= 0.3 is 6.09 Å². The Balaban J connectivity index is 1.72. The van der Waals surface area contributed by atoms with E-state index in [2.05, 4.69) is 4.98 Å². The van der Waals surface area contributed by atoms with Crippen LogP contribution in [0.4, 0.5) is 16.2 Å². The number of amides is 1. The minimum atomic E-state index is -1.02. The van der Waals surface area contributed by atoms with E-state index in [-0.39, 0.29) is 0 Å². The molecule has 0 fully saturated rings. The highest BCUT2D eigenvalue weighted by Crippen LogP contribution is 2.40. The molecule has 0 bridgehead atoms. The third-order valence-corrected chi connectivity index (χ3v) is 6.64. The third kappa shape index (κ3) is 5.16. The fraction of sp³-hybridized carbons (Fsp3) is 0.267. The summed E-state index contributed by atoms with van der Waals surface area (Å²) in [5, 5.41) is 11.0. The van der Waals surface area contributed by atoms with Crippen molar-refractivity contribution in [3.05, 3.63) is 77.5 Å². The summed E-state index contributed by atoms with van der Waals surface area (Å²) in [5.74, 6) is 2.39. The molecule has 1 heterocycles. The fourth-order valence-electron chi connectivity index (χ4n) is 4.49. The highest BCUT2D eigenvalue weighted by atomic mass is 16.5. The summed E-state index contributed by atoms with van der Waals surface area (Å²) in [4.78, 5) is 20.3. The minimum absolute atomic E-state index is 0.399. The fourth-order valence-corrected chi connectivity index (χ4v) is 4.49. The molecular formula is C30H33N3O5. The molecule has 8 heteroatoms. The van der Waals surface area contributed by atoms with Gasteiger partial charge in [0.15, 0.2) is 11.5 Å². The molecule has 198 valence electrons. The van der Waals surface area contributed by atoms with Crippen molar-refractivity contribution >= 4 is 28.4 Å². The zero-order chi connectivity index (χ0) is 27.6. The number of aryl methyl sites for hydroxylation is 2. The van der Waals surface area contributed by atoms with E-state index in [1.54, 1.807) is 32.5 Å². The maximum Gasteiger partial charge on any atom is 0.412 e. The van der Waals surface area contributed by atoms with Crippen LogP contribution in [0, 0.1) is 13.8 Å². The first-order valence-electron chi connectivity index (χ1n) is 12.2. The standard InChI is InChI=1S/C30H33N3O5/c1-18-14-27(38-26-11-12-31-24-17-29(37-7)28(36-6)16-23(24)26)19(2)13-25(18)33(30(34)35)20(3)21-9-8-10-22(15-21)32(4)5/h8-17,20H,1-7H3,(H,34,35). The van der Waals surface area contributed by atoms with Crippen molar-refractivity contribution < 1.29 is 24.1 Å². The molecule has 1 unspecified atom stereocenters. The number of hydrogen-bond acceptors (Lipinski definition) is 6. The smallest absolute Gasteiger partial charge is 0.412 e. The van der Waals surface area contributed by atoms with Gasteiger partial charge < -0.3 is 24.2 Å². The summed E-state index contributed by atoms with van der Waals surface area (Å²) in [7, 11) is 7.09. The normalized spacial score (nSPS) is 11.7. The first kappa shape index (κ1) is 26.6. The summed E-state index contributed by atoms with van der Waals surface area (Å²) >= 11 is 0. The van der Waals surface area contributed by atoms with Gasteiger partial charge in [-0.2, -0.15) is 0 Å². The molecule has 8 nitrogen and oxygen atoms in total. The average molecular weight is 516 g/mol. The van der Waals surface area contributed by atoms with Gasteiger partial charge in [-0.15, -0.1) is 0 Å². The Kier molecular flexibility index (Phi) is 7.62. The Morgan fingerprint density at radius 1 is 0.895 bits per heavy atom. The van der Waals surface area contributed by atoms with Crippen LogP contribution in [0.15, 0.2) is 60.8 Å². The predicted octanol–water partition coefficient (Wildman–Crippen LogP) is 6.97. The monoisotopic (exact) mass is 515 g/mol. The van der Waals surface area contributed by atoms with Gasteiger partial charge in [-0.05, 0) is 73.9 Å². The van der Waals surface area contributed by atoms with Crippen LogP contribution in [0.1, 0.15) is 29.7 Å². The molecule has 1 atom stereocenters. The lowest BCUT2D eigenvalue weighted by Gasteiger charge is -2.29. The van der Waals surface area contributed by atoms with Crippen LogP contribution >= 0.6 is 0 Å². The number of pyridine rings is 1. The lowest BCUT2D eigenvalue weighted by molar-refractivity contribution is 0.199. The van der Waals surface area contributed by atoms with Crippen molar-refractivity contribution in [2.75, 3.05) is 38.1 Å². The predicted molar refractivity (Wildman–Crippen MR) is 151 cm³/mol. The highest BCUT2D eigenvalue weighted by molar-refractivity contribution is 5.90. The Hall–Kier alpha value is -4.46. The zero-order valence-corrected chi connectivity index (χ0v) is 22.8. The molecular weight excluding hydrogens is 482 g/mol. The number of nitrogens with zero attached hydrogens (tertiary/aromatic N) is 3. The number of ether oxygens (including phenoxy) is 3. The van der Waals surface area contributed by atoms with E-state index < -0.39 is 12.1 Å². The summed E-state index contributed by atoms with van der Waals surface area (Å²) in [6.45, 7) is 5.69. The summed E-state index contributed by atoms with van der Waals surface area (Å²) in [5.41, 5.74) is 4.81. The van der Waals surface area contributed by atoms with Gasteiger partial charge in [0, 0.05) is 37.4 Å². The van der Waals surface area contributed by atoms with Gasteiger partial charge in [-0.25, -0.2) is 4.79 Å². The Labute approximate surface area is 223 Å². The number of carboxylic acid groups (broad SMARTS) is 1. The van der Waals surface area contributed by atoms with E-state index in [9.17, 15) is 9.90 Å². The van der Waals surface area contributed by atoms with E-state index in [0.29, 0.717) is 34.2 Å². The number of carbonyl (C=O) groups is 1. The Morgan fingerprint density at radius 3 is 2.26 bits per heavy atom. The van der Waals surface area contributed by atoms with Crippen molar-refractivity contribution in [3.8, 4) is 23.0 Å². The summed E-state index contributed by atoms with van der Waals surface area (Å²) in [6.07, 6.45) is 0.653. The van der Waals surface area contributed by atoms with Gasteiger partial charge in [0.1, 0.15) is 11.5 Å². The van der Waals surface area contributed by atoms with Crippen molar-refractivity contribution in [3.63, 3.8) is 0 Å². The van der Waals surface area contributed by atoms with Crippen LogP contribution < -0.4 is 24.0 Å². The van der Waals surface area contributed by atoms with Crippen LogP contribution in [-0.2, 0) is 0 Å². The quantitative estimate of drug-likeness (QED) is 0.271. The summed E-state index contributed by atoms with van der Waals surface area (Å²) < 4.78 is 17.2. The molecule has 1 amide bonds. The molecule has 0 spiro atoms. The van der Waals surface area contributed by atoms with Crippen LogP contribution in [0.3, 0.4) is 0 Å². The molecule has 0 saturated carbocycles. The number of aromatic nitrogens is 1. The first-order valence-corrected chi connectivity index (χ1v) is 12.2. The third-order valence-electron chi connectivity index (χ3n) is 6.64.